The fraction of sp³-hybridized carbons (Fsp3) is 0.889. The second-order valence-corrected chi connectivity index (χ2v) is 3.55. The van der Waals surface area contributed by atoms with E-state index in [2.05, 4.69) is 10.6 Å². The summed E-state index contributed by atoms with van der Waals surface area (Å²) < 4.78 is 0. The first-order valence-electron chi connectivity index (χ1n) is 5.00. The van der Waals surface area contributed by atoms with Gasteiger partial charge in [0.1, 0.15) is 0 Å². The van der Waals surface area contributed by atoms with E-state index in [9.17, 15) is 4.79 Å². The van der Waals surface area contributed by atoms with Crippen molar-refractivity contribution in [3.05, 3.63) is 0 Å². The first-order chi connectivity index (χ1) is 6.24. The standard InChI is InChI=1S/C9H19N3O.ClH/c1-2-8(10)9(13)12-7-3-5-11-6-4-7;/h7-8,11H,2-6,10H2,1H3,(H,12,13);1H. The average Bonchev–Trinajstić information content (AvgIpc) is 2.18. The number of hydrogen-bond donors (Lipinski definition) is 3. The molecule has 0 aromatic heterocycles. The van der Waals surface area contributed by atoms with Gasteiger partial charge in [-0.3, -0.25) is 4.79 Å². The van der Waals surface area contributed by atoms with Gasteiger partial charge in [-0.25, -0.2) is 0 Å². The summed E-state index contributed by atoms with van der Waals surface area (Å²) in [4.78, 5) is 11.4. The zero-order valence-corrected chi connectivity index (χ0v) is 9.40. The highest BCUT2D eigenvalue weighted by Crippen LogP contribution is 2.02. The molecule has 0 aliphatic carbocycles. The molecule has 1 amide bonds. The average molecular weight is 222 g/mol. The van der Waals surface area contributed by atoms with Gasteiger partial charge in [-0.05, 0) is 32.4 Å². The number of nitrogens with one attached hydrogen (secondary N) is 2. The van der Waals surface area contributed by atoms with Crippen LogP contribution in [-0.2, 0) is 4.79 Å². The number of piperidine rings is 1. The second-order valence-electron chi connectivity index (χ2n) is 3.55. The van der Waals surface area contributed by atoms with Gasteiger partial charge in [0.15, 0.2) is 0 Å². The largest absolute Gasteiger partial charge is 0.352 e. The Balaban J connectivity index is 0.00000169. The molecule has 0 aromatic carbocycles. The Kier molecular flexibility index (Phi) is 6.87. The summed E-state index contributed by atoms with van der Waals surface area (Å²) >= 11 is 0. The van der Waals surface area contributed by atoms with E-state index in [1.54, 1.807) is 0 Å². The molecule has 1 unspecified atom stereocenters. The van der Waals surface area contributed by atoms with Gasteiger partial charge in [-0.1, -0.05) is 6.92 Å². The molecule has 0 radical (unpaired) electrons. The Morgan fingerprint density at radius 3 is 2.64 bits per heavy atom. The predicted molar refractivity (Wildman–Crippen MR) is 59.5 cm³/mol. The van der Waals surface area contributed by atoms with Crippen LogP contribution in [-0.4, -0.2) is 31.1 Å². The van der Waals surface area contributed by atoms with E-state index in [-0.39, 0.29) is 24.4 Å². The van der Waals surface area contributed by atoms with Crippen LogP contribution in [0.5, 0.6) is 0 Å². The van der Waals surface area contributed by atoms with Crippen molar-refractivity contribution < 1.29 is 4.79 Å². The number of halogens is 1. The Labute approximate surface area is 91.4 Å². The molecule has 14 heavy (non-hydrogen) atoms. The van der Waals surface area contributed by atoms with E-state index in [0.29, 0.717) is 12.5 Å². The van der Waals surface area contributed by atoms with E-state index in [4.69, 9.17) is 5.73 Å². The fourth-order valence-electron chi connectivity index (χ4n) is 1.46. The zero-order chi connectivity index (χ0) is 9.68. The molecule has 1 aliphatic rings. The van der Waals surface area contributed by atoms with E-state index in [1.807, 2.05) is 6.92 Å². The smallest absolute Gasteiger partial charge is 0.237 e. The Hall–Kier alpha value is -0.320. The highest BCUT2D eigenvalue weighted by Gasteiger charge is 2.18. The summed E-state index contributed by atoms with van der Waals surface area (Å²) in [6.45, 7) is 3.91. The maximum absolute atomic E-state index is 11.4. The van der Waals surface area contributed by atoms with Crippen molar-refractivity contribution in [2.45, 2.75) is 38.3 Å². The van der Waals surface area contributed by atoms with Gasteiger partial charge < -0.3 is 16.4 Å². The number of carbonyl (C=O) groups excluding carboxylic acids is 1. The molecule has 4 nitrogen and oxygen atoms in total. The molecule has 5 heteroatoms. The third-order valence-electron chi connectivity index (χ3n) is 2.46. The summed E-state index contributed by atoms with van der Waals surface area (Å²) in [6.07, 6.45) is 2.74. The minimum Gasteiger partial charge on any atom is -0.352 e. The molecule has 1 aliphatic heterocycles. The van der Waals surface area contributed by atoms with Gasteiger partial charge in [0.05, 0.1) is 6.04 Å². The molecule has 1 heterocycles. The second kappa shape index (κ2) is 7.04. The van der Waals surface area contributed by atoms with E-state index >= 15 is 0 Å². The van der Waals surface area contributed by atoms with Crippen LogP contribution in [0.15, 0.2) is 0 Å². The van der Waals surface area contributed by atoms with Crippen LogP contribution in [0.4, 0.5) is 0 Å². The third-order valence-corrected chi connectivity index (χ3v) is 2.46. The van der Waals surface area contributed by atoms with E-state index in [1.165, 1.54) is 0 Å². The van der Waals surface area contributed by atoms with Gasteiger partial charge in [0.25, 0.3) is 0 Å². The van der Waals surface area contributed by atoms with Crippen LogP contribution in [0.3, 0.4) is 0 Å². The summed E-state index contributed by atoms with van der Waals surface area (Å²) in [5.74, 6) is -0.00519. The lowest BCUT2D eigenvalue weighted by molar-refractivity contribution is -0.123. The van der Waals surface area contributed by atoms with Crippen LogP contribution in [0, 0.1) is 0 Å². The van der Waals surface area contributed by atoms with Crippen molar-refractivity contribution >= 4 is 18.3 Å². The molecular formula is C9H20ClN3O. The van der Waals surface area contributed by atoms with Crippen LogP contribution >= 0.6 is 12.4 Å². The van der Waals surface area contributed by atoms with Crippen molar-refractivity contribution in [3.8, 4) is 0 Å². The van der Waals surface area contributed by atoms with Gasteiger partial charge in [-0.15, -0.1) is 12.4 Å². The molecule has 1 saturated heterocycles. The molecular weight excluding hydrogens is 202 g/mol. The Morgan fingerprint density at radius 1 is 1.57 bits per heavy atom. The van der Waals surface area contributed by atoms with Crippen LogP contribution in [0.1, 0.15) is 26.2 Å². The number of rotatable bonds is 3. The van der Waals surface area contributed by atoms with E-state index < -0.39 is 0 Å². The molecule has 4 N–H and O–H groups in total. The number of carbonyl (C=O) groups is 1. The number of hydrogen-bond acceptors (Lipinski definition) is 3. The van der Waals surface area contributed by atoms with Gasteiger partial charge in [-0.2, -0.15) is 0 Å². The fourth-order valence-corrected chi connectivity index (χ4v) is 1.46. The summed E-state index contributed by atoms with van der Waals surface area (Å²) in [6, 6.07) is -0.0127. The van der Waals surface area contributed by atoms with Crippen molar-refractivity contribution in [2.24, 2.45) is 5.73 Å². The van der Waals surface area contributed by atoms with E-state index in [0.717, 1.165) is 25.9 Å². The molecule has 1 fully saturated rings. The quantitative estimate of drug-likeness (QED) is 0.629. The van der Waals surface area contributed by atoms with Crippen molar-refractivity contribution in [1.29, 1.82) is 0 Å². The lowest BCUT2D eigenvalue weighted by Gasteiger charge is -2.24. The topological polar surface area (TPSA) is 67.2 Å². The SMILES string of the molecule is CCC(N)C(=O)NC1CCNCC1.Cl. The summed E-state index contributed by atoms with van der Waals surface area (Å²) in [5, 5.41) is 6.21. The minimum absolute atomic E-state index is 0. The molecule has 0 aromatic rings. The number of nitrogens with two attached hydrogens (primary N) is 1. The van der Waals surface area contributed by atoms with Gasteiger partial charge in [0.2, 0.25) is 5.91 Å². The molecule has 84 valence electrons. The first kappa shape index (κ1) is 13.7. The molecule has 1 atom stereocenters. The minimum atomic E-state index is -0.338. The lowest BCUT2D eigenvalue weighted by Crippen LogP contribution is -2.48. The van der Waals surface area contributed by atoms with Gasteiger partial charge >= 0.3 is 0 Å². The van der Waals surface area contributed by atoms with Crippen molar-refractivity contribution in [3.63, 3.8) is 0 Å². The maximum atomic E-state index is 11.4. The first-order valence-corrected chi connectivity index (χ1v) is 5.00. The molecule has 0 saturated carbocycles. The lowest BCUT2D eigenvalue weighted by atomic mass is 10.1. The maximum Gasteiger partial charge on any atom is 0.237 e. The van der Waals surface area contributed by atoms with Crippen molar-refractivity contribution in [1.82, 2.24) is 10.6 Å². The monoisotopic (exact) mass is 221 g/mol. The van der Waals surface area contributed by atoms with Crippen LogP contribution in [0.2, 0.25) is 0 Å². The molecule has 0 spiro atoms. The highest BCUT2D eigenvalue weighted by atomic mass is 35.5. The summed E-state index contributed by atoms with van der Waals surface area (Å²) in [7, 11) is 0. The molecule has 0 bridgehead atoms. The van der Waals surface area contributed by atoms with Crippen molar-refractivity contribution in [2.75, 3.05) is 13.1 Å². The zero-order valence-electron chi connectivity index (χ0n) is 8.58. The highest BCUT2D eigenvalue weighted by molar-refractivity contribution is 5.85. The van der Waals surface area contributed by atoms with Gasteiger partial charge in [0, 0.05) is 6.04 Å². The summed E-state index contributed by atoms with van der Waals surface area (Å²) in [5.41, 5.74) is 5.61. The van der Waals surface area contributed by atoms with Crippen LogP contribution in [0.25, 0.3) is 0 Å². The third kappa shape index (κ3) is 4.26. The Morgan fingerprint density at radius 2 is 2.14 bits per heavy atom. The normalized spacial score (nSPS) is 19.6. The molecule has 1 rings (SSSR count). The van der Waals surface area contributed by atoms with Crippen LogP contribution < -0.4 is 16.4 Å². The Bertz CT molecular complexity index is 171. The predicted octanol–water partition coefficient (Wildman–Crippen LogP) is 0.0137. The number of amides is 1.